The Morgan fingerprint density at radius 1 is 1.22 bits per heavy atom. The number of fused-ring (bicyclic) bond motifs is 1. The molecule has 0 fully saturated rings. The molecule has 3 N–H and O–H groups in total. The highest BCUT2D eigenvalue weighted by atomic mass is 19.1. The molecule has 0 aromatic heterocycles. The quantitative estimate of drug-likeness (QED) is 0.667. The summed E-state index contributed by atoms with van der Waals surface area (Å²) >= 11 is 0. The molecular weight excluding hydrogens is 293 g/mol. The van der Waals surface area contributed by atoms with E-state index < -0.39 is 5.97 Å². The molecule has 0 heterocycles. The minimum Gasteiger partial charge on any atom is -0.478 e. The Morgan fingerprint density at radius 3 is 2.57 bits per heavy atom. The van der Waals surface area contributed by atoms with Gasteiger partial charge in [-0.3, -0.25) is 0 Å². The van der Waals surface area contributed by atoms with Crippen molar-refractivity contribution in [1.29, 1.82) is 0 Å². The number of carboxylic acids is 1. The summed E-state index contributed by atoms with van der Waals surface area (Å²) in [6.07, 6.45) is 2.23. The summed E-state index contributed by atoms with van der Waals surface area (Å²) in [7, 11) is 0. The van der Waals surface area contributed by atoms with Crippen LogP contribution in [0.3, 0.4) is 0 Å². The van der Waals surface area contributed by atoms with Crippen LogP contribution in [0.2, 0.25) is 0 Å². The van der Waals surface area contributed by atoms with E-state index >= 15 is 0 Å². The van der Waals surface area contributed by atoms with Gasteiger partial charge < -0.3 is 10.8 Å². The number of halogens is 1. The van der Waals surface area contributed by atoms with E-state index in [1.807, 2.05) is 6.92 Å². The molecule has 3 nitrogen and oxygen atoms in total. The van der Waals surface area contributed by atoms with Crippen LogP contribution in [0.4, 0.5) is 10.1 Å². The van der Waals surface area contributed by atoms with Crippen LogP contribution < -0.4 is 5.73 Å². The first-order valence-electron chi connectivity index (χ1n) is 7.25. The van der Waals surface area contributed by atoms with Crippen molar-refractivity contribution in [3.05, 3.63) is 76.1 Å². The van der Waals surface area contributed by atoms with Crippen LogP contribution in [0.1, 0.15) is 23.6 Å². The number of carbonyl (C=O) groups is 1. The van der Waals surface area contributed by atoms with Crippen molar-refractivity contribution in [2.45, 2.75) is 13.3 Å². The summed E-state index contributed by atoms with van der Waals surface area (Å²) in [6.45, 7) is 1.88. The molecular formula is C19H16FNO2. The predicted octanol–water partition coefficient (Wildman–Crippen LogP) is 3.91. The number of benzene rings is 2. The number of anilines is 1. The van der Waals surface area contributed by atoms with Gasteiger partial charge in [0.2, 0.25) is 0 Å². The number of rotatable bonds is 3. The Kier molecular flexibility index (Phi) is 3.74. The number of nitrogens with two attached hydrogens (primary N) is 1. The van der Waals surface area contributed by atoms with Gasteiger partial charge in [-0.25, -0.2) is 9.18 Å². The molecule has 0 spiro atoms. The molecule has 0 saturated carbocycles. The second kappa shape index (κ2) is 5.72. The second-order valence-electron chi connectivity index (χ2n) is 5.66. The molecule has 116 valence electrons. The molecule has 2 aromatic rings. The fourth-order valence-electron chi connectivity index (χ4n) is 2.91. The highest BCUT2D eigenvalue weighted by molar-refractivity contribution is 6.11. The first kappa shape index (κ1) is 15.0. The van der Waals surface area contributed by atoms with Crippen LogP contribution in [0, 0.1) is 5.82 Å². The van der Waals surface area contributed by atoms with E-state index in [0.717, 1.165) is 16.7 Å². The average Bonchev–Trinajstić information content (AvgIpc) is 2.82. The van der Waals surface area contributed by atoms with Gasteiger partial charge in [0, 0.05) is 5.69 Å². The normalized spacial score (nSPS) is 14.1. The lowest BCUT2D eigenvalue weighted by Crippen LogP contribution is -2.03. The summed E-state index contributed by atoms with van der Waals surface area (Å²) in [5.74, 6) is -1.40. The smallest absolute Gasteiger partial charge is 0.336 e. The van der Waals surface area contributed by atoms with Gasteiger partial charge in [-0.2, -0.15) is 0 Å². The minimum absolute atomic E-state index is 0.164. The summed E-state index contributed by atoms with van der Waals surface area (Å²) in [5, 5.41) is 9.64. The van der Waals surface area contributed by atoms with Gasteiger partial charge in [-0.1, -0.05) is 23.8 Å². The average molecular weight is 309 g/mol. The highest BCUT2D eigenvalue weighted by Gasteiger charge is 2.25. The topological polar surface area (TPSA) is 63.3 Å². The number of allylic oxidation sites excluding steroid dienone is 1. The number of hydrogen-bond donors (Lipinski definition) is 2. The zero-order valence-electron chi connectivity index (χ0n) is 12.6. The third-order valence-corrected chi connectivity index (χ3v) is 3.97. The third-order valence-electron chi connectivity index (χ3n) is 3.97. The Labute approximate surface area is 133 Å². The maximum Gasteiger partial charge on any atom is 0.336 e. The second-order valence-corrected chi connectivity index (χ2v) is 5.66. The summed E-state index contributed by atoms with van der Waals surface area (Å²) in [4.78, 5) is 11.8. The monoisotopic (exact) mass is 309 g/mol. The maximum absolute atomic E-state index is 13.6. The first-order valence-corrected chi connectivity index (χ1v) is 7.25. The van der Waals surface area contributed by atoms with Gasteiger partial charge in [0.15, 0.2) is 0 Å². The van der Waals surface area contributed by atoms with Crippen LogP contribution in [0.5, 0.6) is 0 Å². The number of carboxylic acid groups (broad SMARTS) is 1. The highest BCUT2D eigenvalue weighted by Crippen LogP contribution is 2.38. The molecule has 4 heteroatoms. The van der Waals surface area contributed by atoms with Gasteiger partial charge in [-0.15, -0.1) is 0 Å². The first-order chi connectivity index (χ1) is 11.0. The lowest BCUT2D eigenvalue weighted by Gasteiger charge is -2.09. The largest absolute Gasteiger partial charge is 0.478 e. The standard InChI is InChI=1S/C19H16FNO2/c1-11-8-13-4-5-14(20)10-16(13)18(11)17(19(22)23)9-12-2-6-15(21)7-3-12/h2-7,9-10H,8,21H2,1H3,(H,22,23)/b17-9-. The molecule has 0 amide bonds. The number of hydrogen-bond acceptors (Lipinski definition) is 2. The fourth-order valence-corrected chi connectivity index (χ4v) is 2.91. The lowest BCUT2D eigenvalue weighted by molar-refractivity contribution is -0.132. The Hall–Kier alpha value is -2.88. The molecule has 2 aromatic carbocycles. The Morgan fingerprint density at radius 2 is 1.91 bits per heavy atom. The van der Waals surface area contributed by atoms with Crippen LogP contribution >= 0.6 is 0 Å². The van der Waals surface area contributed by atoms with Gasteiger partial charge in [0.25, 0.3) is 0 Å². The molecule has 0 unspecified atom stereocenters. The third kappa shape index (κ3) is 2.88. The van der Waals surface area contributed by atoms with E-state index in [0.29, 0.717) is 23.2 Å². The Bertz CT molecular complexity index is 848. The summed E-state index contributed by atoms with van der Waals surface area (Å²) < 4.78 is 13.6. The van der Waals surface area contributed by atoms with Crippen LogP contribution in [-0.2, 0) is 11.2 Å². The van der Waals surface area contributed by atoms with Gasteiger partial charge in [0.05, 0.1) is 5.57 Å². The van der Waals surface area contributed by atoms with Crippen molar-refractivity contribution < 1.29 is 14.3 Å². The van der Waals surface area contributed by atoms with E-state index in [9.17, 15) is 14.3 Å². The summed E-state index contributed by atoms with van der Waals surface area (Å²) in [5.41, 5.74) is 10.3. The molecule has 0 radical (unpaired) electrons. The van der Waals surface area contributed by atoms with Crippen LogP contribution in [0.25, 0.3) is 11.6 Å². The number of aliphatic carboxylic acids is 1. The fraction of sp³-hybridized carbons (Fsp3) is 0.105. The molecule has 0 atom stereocenters. The zero-order valence-corrected chi connectivity index (χ0v) is 12.6. The zero-order chi connectivity index (χ0) is 16.6. The van der Waals surface area contributed by atoms with E-state index in [2.05, 4.69) is 0 Å². The van der Waals surface area contributed by atoms with Crippen molar-refractivity contribution in [3.8, 4) is 0 Å². The van der Waals surface area contributed by atoms with E-state index in [4.69, 9.17) is 5.73 Å². The van der Waals surface area contributed by atoms with Crippen molar-refractivity contribution in [3.63, 3.8) is 0 Å². The SMILES string of the molecule is CC1=C(/C(=C/c2ccc(N)cc2)C(=O)O)c2cc(F)ccc2C1. The molecule has 3 rings (SSSR count). The molecule has 0 aliphatic heterocycles. The van der Waals surface area contributed by atoms with Gasteiger partial charge >= 0.3 is 5.97 Å². The predicted molar refractivity (Wildman–Crippen MR) is 89.2 cm³/mol. The number of nitrogen functional groups attached to an aromatic ring is 1. The van der Waals surface area contributed by atoms with Gasteiger partial charge in [0.1, 0.15) is 5.82 Å². The molecule has 1 aliphatic carbocycles. The van der Waals surface area contributed by atoms with E-state index in [1.54, 1.807) is 36.4 Å². The van der Waals surface area contributed by atoms with Crippen LogP contribution in [0.15, 0.2) is 53.6 Å². The molecule has 1 aliphatic rings. The summed E-state index contributed by atoms with van der Waals surface area (Å²) in [6, 6.07) is 11.5. The molecule has 23 heavy (non-hydrogen) atoms. The van der Waals surface area contributed by atoms with Crippen molar-refractivity contribution in [2.75, 3.05) is 5.73 Å². The van der Waals surface area contributed by atoms with Crippen molar-refractivity contribution in [2.24, 2.45) is 0 Å². The van der Waals surface area contributed by atoms with Gasteiger partial charge in [-0.05, 0) is 65.9 Å². The van der Waals surface area contributed by atoms with E-state index in [-0.39, 0.29) is 11.4 Å². The molecule has 0 bridgehead atoms. The van der Waals surface area contributed by atoms with Crippen molar-refractivity contribution in [1.82, 2.24) is 0 Å². The maximum atomic E-state index is 13.6. The lowest BCUT2D eigenvalue weighted by atomic mass is 9.95. The van der Waals surface area contributed by atoms with Crippen molar-refractivity contribution >= 4 is 23.3 Å². The van der Waals surface area contributed by atoms with Crippen LogP contribution in [-0.4, -0.2) is 11.1 Å². The molecule has 0 saturated heterocycles. The Balaban J connectivity index is 2.13. The van der Waals surface area contributed by atoms with E-state index in [1.165, 1.54) is 12.1 Å². The minimum atomic E-state index is -1.03.